The van der Waals surface area contributed by atoms with E-state index >= 15 is 0 Å². The molecule has 1 aromatic carbocycles. The molecule has 0 spiro atoms. The number of hydrogen-bond donors (Lipinski definition) is 2. The van der Waals surface area contributed by atoms with Crippen molar-refractivity contribution in [1.82, 2.24) is 9.97 Å². The van der Waals surface area contributed by atoms with Gasteiger partial charge in [-0.2, -0.15) is 4.73 Å². The molecule has 0 fully saturated rings. The minimum atomic E-state index is -0.580. The summed E-state index contributed by atoms with van der Waals surface area (Å²) in [5, 5.41) is 17.4. The van der Waals surface area contributed by atoms with E-state index in [0.717, 1.165) is 16.0 Å². The third-order valence-electron chi connectivity index (χ3n) is 3.86. The minimum absolute atomic E-state index is 0.376. The summed E-state index contributed by atoms with van der Waals surface area (Å²) in [5.74, 6) is 0.376. The highest BCUT2D eigenvalue weighted by atomic mass is 16.6. The Morgan fingerprint density at radius 3 is 2.76 bits per heavy atom. The molecule has 29 heavy (non-hydrogen) atoms. The number of aryl methyl sites for hydroxylation is 1. The lowest BCUT2D eigenvalue weighted by Gasteiger charge is -2.20. The predicted molar refractivity (Wildman–Crippen MR) is 111 cm³/mol. The van der Waals surface area contributed by atoms with E-state index in [-0.39, 0.29) is 0 Å². The first-order valence-corrected chi connectivity index (χ1v) is 9.09. The lowest BCUT2D eigenvalue weighted by Crippen LogP contribution is -2.27. The average molecular weight is 395 g/mol. The van der Waals surface area contributed by atoms with Crippen molar-refractivity contribution in [3.05, 3.63) is 65.8 Å². The summed E-state index contributed by atoms with van der Waals surface area (Å²) in [7, 11) is 0. The molecule has 0 saturated heterocycles. The van der Waals surface area contributed by atoms with Gasteiger partial charge in [-0.05, 0) is 57.5 Å². The van der Waals surface area contributed by atoms with E-state index < -0.39 is 11.7 Å². The van der Waals surface area contributed by atoms with Gasteiger partial charge in [-0.1, -0.05) is 6.07 Å². The molecule has 0 aliphatic carbocycles. The molecule has 150 valence electrons. The molecule has 1 amide bonds. The standard InChI is InChI=1S/C21H23N5O3/c1-14-7-8-16(23-20(27)29-21(2,3)4)12-18(14)25-19-22-10-9-17(24-19)15-6-5-11-26(28)13-15/h5-13H,1-4H3,(H,23,27)(H,22,24,25)/i13+2. The minimum Gasteiger partial charge on any atom is -0.619 e. The molecule has 0 atom stereocenters. The first-order valence-electron chi connectivity index (χ1n) is 9.09. The van der Waals surface area contributed by atoms with E-state index in [1.807, 2.05) is 13.0 Å². The number of benzene rings is 1. The number of nitrogens with one attached hydrogen (secondary N) is 2. The molecule has 8 heteroatoms. The van der Waals surface area contributed by atoms with Gasteiger partial charge in [-0.25, -0.2) is 14.8 Å². The van der Waals surface area contributed by atoms with Crippen molar-refractivity contribution in [3.8, 4) is 11.3 Å². The molecule has 2 heterocycles. The Kier molecular flexibility index (Phi) is 5.63. The van der Waals surface area contributed by atoms with Crippen LogP contribution in [0.15, 0.2) is 55.0 Å². The first kappa shape index (κ1) is 20.1. The molecule has 3 aromatic rings. The number of hydrogen-bond acceptors (Lipinski definition) is 6. The van der Waals surface area contributed by atoms with Crippen LogP contribution < -0.4 is 15.4 Å². The molecular formula is C21H23N5O3. The van der Waals surface area contributed by atoms with Crippen molar-refractivity contribution in [3.63, 3.8) is 0 Å². The van der Waals surface area contributed by atoms with Gasteiger partial charge in [-0.15, -0.1) is 0 Å². The number of nitrogens with zero attached hydrogens (tertiary/aromatic N) is 3. The van der Waals surface area contributed by atoms with Gasteiger partial charge >= 0.3 is 6.09 Å². The molecule has 0 bridgehead atoms. The zero-order valence-electron chi connectivity index (χ0n) is 16.8. The SMILES string of the molecule is Cc1ccc(NC(=O)OC(C)(C)C)cc1Nc1nccc(-c2ccc[n+]([O-])[14cH]2)n1. The van der Waals surface area contributed by atoms with Crippen LogP contribution in [0.2, 0.25) is 0 Å². The third-order valence-corrected chi connectivity index (χ3v) is 3.86. The van der Waals surface area contributed by atoms with Crippen molar-refractivity contribution in [2.45, 2.75) is 33.3 Å². The van der Waals surface area contributed by atoms with E-state index in [9.17, 15) is 10.0 Å². The van der Waals surface area contributed by atoms with Gasteiger partial charge in [0, 0.05) is 23.6 Å². The van der Waals surface area contributed by atoms with Gasteiger partial charge in [0.25, 0.3) is 0 Å². The number of carbonyl (C=O) groups excluding carboxylic acids is 1. The molecule has 0 aliphatic rings. The number of carbonyl (C=O) groups is 1. The number of rotatable bonds is 4. The lowest BCUT2D eigenvalue weighted by molar-refractivity contribution is -0.604. The van der Waals surface area contributed by atoms with Crippen LogP contribution in [-0.2, 0) is 4.74 Å². The number of anilines is 3. The number of aromatic nitrogens is 3. The molecule has 2 aromatic heterocycles. The summed E-state index contributed by atoms with van der Waals surface area (Å²) in [6.07, 6.45) is 3.95. The van der Waals surface area contributed by atoms with E-state index in [4.69, 9.17) is 4.74 Å². The van der Waals surface area contributed by atoms with Crippen molar-refractivity contribution in [2.24, 2.45) is 0 Å². The van der Waals surface area contributed by atoms with Crippen LogP contribution in [0.25, 0.3) is 11.3 Å². The number of ether oxygens (including phenoxy) is 1. The fraction of sp³-hybridized carbons (Fsp3) is 0.238. The number of pyridine rings is 1. The Bertz CT molecular complexity index is 1030. The Morgan fingerprint density at radius 1 is 1.24 bits per heavy atom. The quantitative estimate of drug-likeness (QED) is 0.507. The first-order chi connectivity index (χ1) is 13.7. The molecule has 0 radical (unpaired) electrons. The summed E-state index contributed by atoms with van der Waals surface area (Å²) in [4.78, 5) is 20.7. The van der Waals surface area contributed by atoms with Crippen LogP contribution in [0.1, 0.15) is 26.3 Å². The van der Waals surface area contributed by atoms with Gasteiger partial charge in [0.1, 0.15) is 5.60 Å². The maximum absolute atomic E-state index is 12.0. The molecule has 0 unspecified atom stereocenters. The van der Waals surface area contributed by atoms with E-state index in [0.29, 0.717) is 22.9 Å². The van der Waals surface area contributed by atoms with Gasteiger partial charge in [0.15, 0.2) is 12.4 Å². The second-order valence-corrected chi connectivity index (χ2v) is 7.50. The van der Waals surface area contributed by atoms with E-state index in [1.54, 1.807) is 57.3 Å². The summed E-state index contributed by atoms with van der Waals surface area (Å²) in [5.41, 5.74) is 3.00. The molecule has 0 aliphatic heterocycles. The fourth-order valence-electron chi connectivity index (χ4n) is 2.56. The average Bonchev–Trinajstić information content (AvgIpc) is 2.63. The zero-order chi connectivity index (χ0) is 21.0. The van der Waals surface area contributed by atoms with Crippen LogP contribution in [0, 0.1) is 12.1 Å². The maximum Gasteiger partial charge on any atom is 0.412 e. The van der Waals surface area contributed by atoms with Crippen LogP contribution >= 0.6 is 0 Å². The van der Waals surface area contributed by atoms with Gasteiger partial charge in [-0.3, -0.25) is 5.32 Å². The molecular weight excluding hydrogens is 372 g/mol. The van der Waals surface area contributed by atoms with Gasteiger partial charge in [0.05, 0.1) is 11.3 Å². The fourth-order valence-corrected chi connectivity index (χ4v) is 2.56. The Balaban J connectivity index is 1.80. The van der Waals surface area contributed by atoms with E-state index in [2.05, 4.69) is 20.6 Å². The summed E-state index contributed by atoms with van der Waals surface area (Å²) >= 11 is 0. The second kappa shape index (κ2) is 8.14. The maximum atomic E-state index is 12.0. The zero-order valence-corrected chi connectivity index (χ0v) is 16.8. The lowest BCUT2D eigenvalue weighted by atomic mass is 10.2. The molecule has 3 rings (SSSR count). The number of amides is 1. The molecule has 8 nitrogen and oxygen atoms in total. The largest absolute Gasteiger partial charge is 0.619 e. The summed E-state index contributed by atoms with van der Waals surface area (Å²) in [6.45, 7) is 7.35. The Labute approximate surface area is 169 Å². The molecule has 0 saturated carbocycles. The van der Waals surface area contributed by atoms with Crippen LogP contribution in [0.5, 0.6) is 0 Å². The van der Waals surface area contributed by atoms with Crippen molar-refractivity contribution in [1.29, 1.82) is 0 Å². The van der Waals surface area contributed by atoms with Crippen molar-refractivity contribution >= 4 is 23.4 Å². The topological polar surface area (TPSA) is 103 Å². The third kappa shape index (κ3) is 5.65. The van der Waals surface area contributed by atoms with Gasteiger partial charge in [0.2, 0.25) is 5.95 Å². The van der Waals surface area contributed by atoms with Gasteiger partial charge < -0.3 is 15.3 Å². The van der Waals surface area contributed by atoms with E-state index in [1.165, 1.54) is 12.4 Å². The van der Waals surface area contributed by atoms with Crippen LogP contribution in [0.4, 0.5) is 22.1 Å². The predicted octanol–water partition coefficient (Wildman–Crippen LogP) is 4.18. The highest BCUT2D eigenvalue weighted by Crippen LogP contribution is 2.24. The smallest absolute Gasteiger partial charge is 0.412 e. The summed E-state index contributed by atoms with van der Waals surface area (Å²) < 4.78 is 6.00. The highest BCUT2D eigenvalue weighted by molar-refractivity contribution is 5.86. The molecule has 2 N–H and O–H groups in total. The van der Waals surface area contributed by atoms with Crippen molar-refractivity contribution < 1.29 is 14.3 Å². The Hall–Kier alpha value is -3.68. The highest BCUT2D eigenvalue weighted by Gasteiger charge is 2.16. The normalized spacial score (nSPS) is 11.0. The Morgan fingerprint density at radius 2 is 2.03 bits per heavy atom. The van der Waals surface area contributed by atoms with Crippen molar-refractivity contribution in [2.75, 3.05) is 10.6 Å². The summed E-state index contributed by atoms with van der Waals surface area (Å²) in [6, 6.07) is 10.6. The van der Waals surface area contributed by atoms with Crippen LogP contribution in [-0.4, -0.2) is 21.7 Å². The monoisotopic (exact) mass is 395 g/mol. The second-order valence-electron chi connectivity index (χ2n) is 7.50. The van der Waals surface area contributed by atoms with Crippen LogP contribution in [0.3, 0.4) is 0 Å².